The molecule has 21 heavy (non-hydrogen) atoms. The fourth-order valence-electron chi connectivity index (χ4n) is 2.85. The summed E-state index contributed by atoms with van der Waals surface area (Å²) in [5.74, 6) is 1.15. The normalized spacial score (nSPS) is 11.3. The van der Waals surface area contributed by atoms with Gasteiger partial charge < -0.3 is 5.32 Å². The van der Waals surface area contributed by atoms with Crippen molar-refractivity contribution < 1.29 is 0 Å². The molecular weight excluding hydrogens is 254 g/mol. The molecule has 0 aliphatic heterocycles. The molecule has 1 heteroatoms. The summed E-state index contributed by atoms with van der Waals surface area (Å²) in [6, 6.07) is 17.5. The van der Waals surface area contributed by atoms with E-state index < -0.39 is 0 Å². The van der Waals surface area contributed by atoms with Gasteiger partial charge >= 0.3 is 0 Å². The summed E-state index contributed by atoms with van der Waals surface area (Å²) in [5.41, 5.74) is 5.72. The predicted octanol–water partition coefficient (Wildman–Crippen LogP) is 5.22. The van der Waals surface area contributed by atoms with Gasteiger partial charge in [0.1, 0.15) is 0 Å². The van der Waals surface area contributed by atoms with Crippen molar-refractivity contribution in [1.29, 1.82) is 0 Å². The van der Waals surface area contributed by atoms with Gasteiger partial charge in [-0.3, -0.25) is 0 Å². The third-order valence-corrected chi connectivity index (χ3v) is 3.99. The van der Waals surface area contributed by atoms with Gasteiger partial charge in [-0.15, -0.1) is 0 Å². The van der Waals surface area contributed by atoms with Crippen molar-refractivity contribution in [3.8, 4) is 0 Å². The molecule has 0 amide bonds. The molecule has 112 valence electrons. The third kappa shape index (κ3) is 4.18. The zero-order valence-electron chi connectivity index (χ0n) is 13.7. The Bertz CT molecular complexity index is 518. The molecule has 0 radical (unpaired) electrons. The molecule has 2 aromatic carbocycles. The molecule has 0 aliphatic rings. The van der Waals surface area contributed by atoms with Gasteiger partial charge in [-0.25, -0.2) is 0 Å². The van der Waals surface area contributed by atoms with E-state index in [-0.39, 0.29) is 0 Å². The first-order valence-corrected chi connectivity index (χ1v) is 7.96. The summed E-state index contributed by atoms with van der Waals surface area (Å²) < 4.78 is 0. The fourth-order valence-corrected chi connectivity index (χ4v) is 2.85. The van der Waals surface area contributed by atoms with Crippen molar-refractivity contribution >= 4 is 0 Å². The first-order valence-electron chi connectivity index (χ1n) is 7.96. The Kier molecular flexibility index (Phi) is 5.58. The van der Waals surface area contributed by atoms with Crippen molar-refractivity contribution in [2.45, 2.75) is 52.6 Å². The molecular formula is C20H27N. The minimum absolute atomic E-state index is 0.575. The quantitative estimate of drug-likeness (QED) is 0.765. The first kappa shape index (κ1) is 15.8. The standard InChI is InChI=1S/C20H27N/c1-15(2)19-11-7-5-9-17(19)13-21-14-18-10-6-8-12-20(18)16(3)4/h5-12,15-16,21H,13-14H2,1-4H3. The number of nitrogens with one attached hydrogen (secondary N) is 1. The molecule has 0 fully saturated rings. The Hall–Kier alpha value is -1.60. The lowest BCUT2D eigenvalue weighted by Crippen LogP contribution is -2.15. The highest BCUT2D eigenvalue weighted by atomic mass is 14.8. The average molecular weight is 281 g/mol. The van der Waals surface area contributed by atoms with E-state index in [9.17, 15) is 0 Å². The Morgan fingerprint density at radius 2 is 1.05 bits per heavy atom. The van der Waals surface area contributed by atoms with E-state index in [0.29, 0.717) is 11.8 Å². The van der Waals surface area contributed by atoms with Gasteiger partial charge in [-0.2, -0.15) is 0 Å². The summed E-state index contributed by atoms with van der Waals surface area (Å²) in [4.78, 5) is 0. The fraction of sp³-hybridized carbons (Fsp3) is 0.400. The van der Waals surface area contributed by atoms with E-state index in [1.807, 2.05) is 0 Å². The van der Waals surface area contributed by atoms with Crippen LogP contribution in [-0.2, 0) is 13.1 Å². The number of benzene rings is 2. The number of rotatable bonds is 6. The minimum Gasteiger partial charge on any atom is -0.309 e. The molecule has 0 saturated heterocycles. The Labute approximate surface area is 129 Å². The van der Waals surface area contributed by atoms with E-state index in [1.165, 1.54) is 22.3 Å². The van der Waals surface area contributed by atoms with Crippen LogP contribution in [0.2, 0.25) is 0 Å². The molecule has 0 unspecified atom stereocenters. The summed E-state index contributed by atoms with van der Waals surface area (Å²) in [6.07, 6.45) is 0. The number of hydrogen-bond acceptors (Lipinski definition) is 1. The van der Waals surface area contributed by atoms with Gasteiger partial charge in [0.2, 0.25) is 0 Å². The first-order chi connectivity index (χ1) is 10.1. The Morgan fingerprint density at radius 1 is 0.667 bits per heavy atom. The topological polar surface area (TPSA) is 12.0 Å². The molecule has 0 spiro atoms. The maximum Gasteiger partial charge on any atom is 0.0211 e. The second kappa shape index (κ2) is 7.42. The molecule has 0 heterocycles. The highest BCUT2D eigenvalue weighted by molar-refractivity contribution is 5.31. The van der Waals surface area contributed by atoms with Crippen LogP contribution in [0.5, 0.6) is 0 Å². The molecule has 2 aromatic rings. The third-order valence-electron chi connectivity index (χ3n) is 3.99. The largest absolute Gasteiger partial charge is 0.309 e. The minimum atomic E-state index is 0.575. The van der Waals surface area contributed by atoms with Crippen molar-refractivity contribution in [2.75, 3.05) is 0 Å². The van der Waals surface area contributed by atoms with E-state index >= 15 is 0 Å². The summed E-state index contributed by atoms with van der Waals surface area (Å²) in [6.45, 7) is 10.9. The van der Waals surface area contributed by atoms with Crippen LogP contribution in [0, 0.1) is 0 Å². The zero-order chi connectivity index (χ0) is 15.2. The lowest BCUT2D eigenvalue weighted by Gasteiger charge is -2.15. The van der Waals surface area contributed by atoms with Gasteiger partial charge in [0.15, 0.2) is 0 Å². The SMILES string of the molecule is CC(C)c1ccccc1CNCc1ccccc1C(C)C. The predicted molar refractivity (Wildman–Crippen MR) is 91.6 cm³/mol. The van der Waals surface area contributed by atoms with Crippen LogP contribution in [0.3, 0.4) is 0 Å². The number of hydrogen-bond donors (Lipinski definition) is 1. The maximum atomic E-state index is 3.61. The Morgan fingerprint density at radius 3 is 1.43 bits per heavy atom. The summed E-state index contributed by atoms with van der Waals surface area (Å²) in [7, 11) is 0. The van der Waals surface area contributed by atoms with E-state index in [4.69, 9.17) is 0 Å². The smallest absolute Gasteiger partial charge is 0.0211 e. The molecule has 0 aliphatic carbocycles. The van der Waals surface area contributed by atoms with Crippen LogP contribution in [0.25, 0.3) is 0 Å². The van der Waals surface area contributed by atoms with Crippen LogP contribution in [0.15, 0.2) is 48.5 Å². The molecule has 1 nitrogen and oxygen atoms in total. The zero-order valence-corrected chi connectivity index (χ0v) is 13.7. The molecule has 0 bridgehead atoms. The second-order valence-electron chi connectivity index (χ2n) is 6.31. The molecule has 1 N–H and O–H groups in total. The van der Waals surface area contributed by atoms with Crippen LogP contribution in [0.1, 0.15) is 61.8 Å². The molecule has 2 rings (SSSR count). The van der Waals surface area contributed by atoms with Crippen molar-refractivity contribution in [3.63, 3.8) is 0 Å². The second-order valence-corrected chi connectivity index (χ2v) is 6.31. The van der Waals surface area contributed by atoms with Crippen LogP contribution < -0.4 is 5.32 Å². The average Bonchev–Trinajstić information content (AvgIpc) is 2.48. The summed E-state index contributed by atoms with van der Waals surface area (Å²) >= 11 is 0. The molecule has 0 aromatic heterocycles. The lowest BCUT2D eigenvalue weighted by atomic mass is 9.96. The van der Waals surface area contributed by atoms with E-state index in [2.05, 4.69) is 81.5 Å². The van der Waals surface area contributed by atoms with Crippen LogP contribution >= 0.6 is 0 Å². The lowest BCUT2D eigenvalue weighted by molar-refractivity contribution is 0.671. The molecule has 0 atom stereocenters. The van der Waals surface area contributed by atoms with Gasteiger partial charge in [0.25, 0.3) is 0 Å². The van der Waals surface area contributed by atoms with Gasteiger partial charge in [0, 0.05) is 13.1 Å². The maximum absolute atomic E-state index is 3.61. The van der Waals surface area contributed by atoms with Gasteiger partial charge in [0.05, 0.1) is 0 Å². The monoisotopic (exact) mass is 281 g/mol. The van der Waals surface area contributed by atoms with Gasteiger partial charge in [-0.1, -0.05) is 76.2 Å². The van der Waals surface area contributed by atoms with Crippen molar-refractivity contribution in [1.82, 2.24) is 5.32 Å². The molecule has 0 saturated carbocycles. The summed E-state index contributed by atoms with van der Waals surface area (Å²) in [5, 5.41) is 3.61. The van der Waals surface area contributed by atoms with E-state index in [0.717, 1.165) is 13.1 Å². The van der Waals surface area contributed by atoms with Crippen molar-refractivity contribution in [3.05, 3.63) is 70.8 Å². The van der Waals surface area contributed by atoms with Gasteiger partial charge in [-0.05, 0) is 34.1 Å². The Balaban J connectivity index is 2.03. The van der Waals surface area contributed by atoms with E-state index in [1.54, 1.807) is 0 Å². The highest BCUT2D eigenvalue weighted by Gasteiger charge is 2.07. The highest BCUT2D eigenvalue weighted by Crippen LogP contribution is 2.21. The van der Waals surface area contributed by atoms with Crippen molar-refractivity contribution in [2.24, 2.45) is 0 Å². The van der Waals surface area contributed by atoms with Crippen LogP contribution in [-0.4, -0.2) is 0 Å². The van der Waals surface area contributed by atoms with Crippen LogP contribution in [0.4, 0.5) is 0 Å².